The molecule has 2 rings (SSSR count). The molecule has 0 spiro atoms. The SMILES string of the molecule is CCNc1nc(C(C)C)nc(SC2CCOC2C)c1C. The number of thioether (sulfide) groups is 1. The van der Waals surface area contributed by atoms with Gasteiger partial charge in [-0.05, 0) is 27.2 Å². The lowest BCUT2D eigenvalue weighted by Crippen LogP contribution is -2.15. The number of ether oxygens (including phenoxy) is 1. The highest BCUT2D eigenvalue weighted by atomic mass is 32.2. The summed E-state index contributed by atoms with van der Waals surface area (Å²) in [7, 11) is 0. The maximum atomic E-state index is 5.65. The molecule has 1 aromatic heterocycles. The van der Waals surface area contributed by atoms with Crippen molar-refractivity contribution in [2.45, 2.75) is 63.3 Å². The first-order valence-electron chi connectivity index (χ1n) is 7.43. The lowest BCUT2D eigenvalue weighted by molar-refractivity contribution is 0.127. The minimum absolute atomic E-state index is 0.305. The summed E-state index contributed by atoms with van der Waals surface area (Å²) in [6.07, 6.45) is 1.41. The molecule has 5 heteroatoms. The quantitative estimate of drug-likeness (QED) is 0.841. The molecule has 20 heavy (non-hydrogen) atoms. The third kappa shape index (κ3) is 3.44. The van der Waals surface area contributed by atoms with Crippen molar-refractivity contribution in [3.63, 3.8) is 0 Å². The van der Waals surface area contributed by atoms with Gasteiger partial charge in [0.05, 0.1) is 6.10 Å². The molecule has 0 saturated carbocycles. The van der Waals surface area contributed by atoms with E-state index < -0.39 is 0 Å². The second-order valence-electron chi connectivity index (χ2n) is 5.57. The van der Waals surface area contributed by atoms with Crippen molar-refractivity contribution in [3.8, 4) is 0 Å². The second kappa shape index (κ2) is 6.76. The Morgan fingerprint density at radius 2 is 2.15 bits per heavy atom. The molecular formula is C15H25N3OS. The lowest BCUT2D eigenvalue weighted by Gasteiger charge is -2.18. The van der Waals surface area contributed by atoms with Crippen molar-refractivity contribution in [2.24, 2.45) is 0 Å². The number of rotatable bonds is 5. The van der Waals surface area contributed by atoms with Crippen LogP contribution in [0.15, 0.2) is 5.03 Å². The topological polar surface area (TPSA) is 47.0 Å². The monoisotopic (exact) mass is 295 g/mol. The third-order valence-electron chi connectivity index (χ3n) is 3.55. The summed E-state index contributed by atoms with van der Waals surface area (Å²) in [5, 5.41) is 4.95. The average molecular weight is 295 g/mol. The van der Waals surface area contributed by atoms with Crippen LogP contribution in [0.4, 0.5) is 5.82 Å². The Morgan fingerprint density at radius 3 is 2.70 bits per heavy atom. The zero-order valence-corrected chi connectivity index (χ0v) is 13.9. The molecular weight excluding hydrogens is 270 g/mol. The van der Waals surface area contributed by atoms with E-state index in [1.807, 2.05) is 11.8 Å². The van der Waals surface area contributed by atoms with Crippen molar-refractivity contribution >= 4 is 17.6 Å². The number of aromatic nitrogens is 2. The molecule has 1 N–H and O–H groups in total. The Bertz CT molecular complexity index is 465. The van der Waals surface area contributed by atoms with E-state index in [0.717, 1.165) is 41.8 Å². The first-order chi connectivity index (χ1) is 9.52. The van der Waals surface area contributed by atoms with Crippen LogP contribution in [0.3, 0.4) is 0 Å². The zero-order chi connectivity index (χ0) is 14.7. The van der Waals surface area contributed by atoms with Gasteiger partial charge in [0.1, 0.15) is 16.7 Å². The number of nitrogens with one attached hydrogen (secondary N) is 1. The maximum absolute atomic E-state index is 5.65. The van der Waals surface area contributed by atoms with E-state index >= 15 is 0 Å². The van der Waals surface area contributed by atoms with Gasteiger partial charge in [0.2, 0.25) is 0 Å². The molecule has 2 heterocycles. The van der Waals surface area contributed by atoms with Gasteiger partial charge in [-0.25, -0.2) is 9.97 Å². The molecule has 1 aliphatic rings. The summed E-state index contributed by atoms with van der Waals surface area (Å²) in [5.41, 5.74) is 1.15. The number of anilines is 1. The predicted molar refractivity (Wildman–Crippen MR) is 84.7 cm³/mol. The summed E-state index contributed by atoms with van der Waals surface area (Å²) < 4.78 is 5.65. The molecule has 0 aromatic carbocycles. The van der Waals surface area contributed by atoms with E-state index in [1.54, 1.807) is 0 Å². The van der Waals surface area contributed by atoms with Gasteiger partial charge in [0.25, 0.3) is 0 Å². The summed E-state index contributed by atoms with van der Waals surface area (Å²) in [6, 6.07) is 0. The van der Waals surface area contributed by atoms with Crippen molar-refractivity contribution in [3.05, 3.63) is 11.4 Å². The van der Waals surface area contributed by atoms with Crippen molar-refractivity contribution < 1.29 is 4.74 Å². The average Bonchev–Trinajstić information content (AvgIpc) is 2.79. The molecule has 0 aliphatic carbocycles. The number of hydrogen-bond donors (Lipinski definition) is 1. The molecule has 1 saturated heterocycles. The van der Waals surface area contributed by atoms with E-state index in [2.05, 4.69) is 44.9 Å². The first kappa shape index (κ1) is 15.6. The van der Waals surface area contributed by atoms with Crippen LogP contribution >= 0.6 is 11.8 Å². The molecule has 2 unspecified atom stereocenters. The van der Waals surface area contributed by atoms with E-state index in [-0.39, 0.29) is 0 Å². The molecule has 0 radical (unpaired) electrons. The summed E-state index contributed by atoms with van der Waals surface area (Å²) in [5.74, 6) is 2.23. The van der Waals surface area contributed by atoms with Crippen LogP contribution in [0.2, 0.25) is 0 Å². The minimum atomic E-state index is 0.305. The predicted octanol–water partition coefficient (Wildman–Crippen LogP) is 3.61. The van der Waals surface area contributed by atoms with Crippen LogP contribution in [0.5, 0.6) is 0 Å². The van der Waals surface area contributed by atoms with Gasteiger partial charge in [-0.3, -0.25) is 0 Å². The van der Waals surface area contributed by atoms with E-state index in [1.165, 1.54) is 0 Å². The van der Waals surface area contributed by atoms with Crippen molar-refractivity contribution in [2.75, 3.05) is 18.5 Å². The zero-order valence-electron chi connectivity index (χ0n) is 13.1. The van der Waals surface area contributed by atoms with Crippen LogP contribution in [0.1, 0.15) is 51.4 Å². The van der Waals surface area contributed by atoms with Gasteiger partial charge in [-0.1, -0.05) is 25.6 Å². The highest BCUT2D eigenvalue weighted by Gasteiger charge is 2.27. The van der Waals surface area contributed by atoms with E-state index in [0.29, 0.717) is 17.3 Å². The van der Waals surface area contributed by atoms with Gasteiger partial charge in [0.15, 0.2) is 0 Å². The molecule has 1 aliphatic heterocycles. The fraction of sp³-hybridized carbons (Fsp3) is 0.733. The third-order valence-corrected chi connectivity index (χ3v) is 5.09. The van der Waals surface area contributed by atoms with Gasteiger partial charge in [-0.15, -0.1) is 0 Å². The van der Waals surface area contributed by atoms with Crippen molar-refractivity contribution in [1.29, 1.82) is 0 Å². The van der Waals surface area contributed by atoms with Crippen LogP contribution in [-0.4, -0.2) is 34.5 Å². The van der Waals surface area contributed by atoms with Crippen LogP contribution in [0.25, 0.3) is 0 Å². The molecule has 0 bridgehead atoms. The van der Waals surface area contributed by atoms with Crippen LogP contribution in [0, 0.1) is 6.92 Å². The number of nitrogens with zero attached hydrogens (tertiary/aromatic N) is 2. The van der Waals surface area contributed by atoms with Gasteiger partial charge in [0, 0.05) is 29.9 Å². The fourth-order valence-corrected chi connectivity index (χ4v) is 3.43. The Morgan fingerprint density at radius 1 is 1.40 bits per heavy atom. The largest absolute Gasteiger partial charge is 0.377 e. The van der Waals surface area contributed by atoms with E-state index in [4.69, 9.17) is 9.72 Å². The van der Waals surface area contributed by atoms with Gasteiger partial charge < -0.3 is 10.1 Å². The molecule has 4 nitrogen and oxygen atoms in total. The highest BCUT2D eigenvalue weighted by Crippen LogP contribution is 2.35. The van der Waals surface area contributed by atoms with Crippen LogP contribution < -0.4 is 5.32 Å². The Hall–Kier alpha value is -0.810. The van der Waals surface area contributed by atoms with Gasteiger partial charge >= 0.3 is 0 Å². The molecule has 1 aromatic rings. The fourth-order valence-electron chi connectivity index (χ4n) is 2.24. The molecule has 0 amide bonds. The normalized spacial score (nSPS) is 22.5. The lowest BCUT2D eigenvalue weighted by atomic mass is 10.2. The summed E-state index contributed by atoms with van der Waals surface area (Å²) >= 11 is 1.84. The second-order valence-corrected chi connectivity index (χ2v) is 6.79. The Balaban J connectivity index is 2.29. The smallest absolute Gasteiger partial charge is 0.134 e. The maximum Gasteiger partial charge on any atom is 0.134 e. The minimum Gasteiger partial charge on any atom is -0.377 e. The van der Waals surface area contributed by atoms with Crippen molar-refractivity contribution in [1.82, 2.24) is 9.97 Å². The summed E-state index contributed by atoms with van der Waals surface area (Å²) in [4.78, 5) is 9.42. The Kier molecular flexibility index (Phi) is 5.27. The highest BCUT2D eigenvalue weighted by molar-refractivity contribution is 8.00. The molecule has 1 fully saturated rings. The summed E-state index contributed by atoms with van der Waals surface area (Å²) in [6.45, 7) is 12.4. The van der Waals surface area contributed by atoms with Gasteiger partial charge in [-0.2, -0.15) is 0 Å². The van der Waals surface area contributed by atoms with E-state index in [9.17, 15) is 0 Å². The molecule has 2 atom stereocenters. The van der Waals surface area contributed by atoms with Crippen LogP contribution in [-0.2, 0) is 4.74 Å². The Labute approximate surface area is 126 Å². The number of hydrogen-bond acceptors (Lipinski definition) is 5. The standard InChI is InChI=1S/C15H25N3OS/c1-6-16-14-10(4)15(18-13(17-14)9(2)3)20-12-7-8-19-11(12)5/h9,11-12H,6-8H2,1-5H3,(H,16,17,18). The first-order valence-corrected chi connectivity index (χ1v) is 8.31. The molecule has 112 valence electrons.